The lowest BCUT2D eigenvalue weighted by atomic mass is 10.2. The summed E-state index contributed by atoms with van der Waals surface area (Å²) in [4.78, 5) is 22.3. The highest BCUT2D eigenvalue weighted by molar-refractivity contribution is 7.92. The SMILES string of the molecule is Cc1ccc(S(=O)(=O)Nc2ccc(NC(=O)CCCC(=O)O)cc2)cc1. The van der Waals surface area contributed by atoms with Crippen molar-refractivity contribution in [1.82, 2.24) is 0 Å². The highest BCUT2D eigenvalue weighted by atomic mass is 32.2. The highest BCUT2D eigenvalue weighted by Crippen LogP contribution is 2.19. The summed E-state index contributed by atoms with van der Waals surface area (Å²) < 4.78 is 27.1. The van der Waals surface area contributed by atoms with Gasteiger partial charge in [0.05, 0.1) is 4.90 Å². The second-order valence-corrected chi connectivity index (χ2v) is 7.47. The van der Waals surface area contributed by atoms with Gasteiger partial charge in [-0.05, 0) is 49.7 Å². The molecule has 0 unspecified atom stereocenters. The summed E-state index contributed by atoms with van der Waals surface area (Å²) in [5, 5.41) is 11.2. The first kappa shape index (κ1) is 19.5. The van der Waals surface area contributed by atoms with Gasteiger partial charge < -0.3 is 10.4 Å². The molecule has 0 aliphatic rings. The van der Waals surface area contributed by atoms with E-state index < -0.39 is 16.0 Å². The van der Waals surface area contributed by atoms with Gasteiger partial charge in [-0.3, -0.25) is 14.3 Å². The highest BCUT2D eigenvalue weighted by Gasteiger charge is 2.13. The number of aliphatic carboxylic acids is 1. The molecule has 0 heterocycles. The van der Waals surface area contributed by atoms with Crippen LogP contribution in [0.1, 0.15) is 24.8 Å². The quantitative estimate of drug-likeness (QED) is 0.655. The van der Waals surface area contributed by atoms with E-state index in [9.17, 15) is 18.0 Å². The minimum absolute atomic E-state index is 0.0624. The summed E-state index contributed by atoms with van der Waals surface area (Å²) in [6, 6.07) is 12.7. The number of hydrogen-bond acceptors (Lipinski definition) is 4. The number of rotatable bonds is 8. The van der Waals surface area contributed by atoms with Crippen molar-refractivity contribution in [2.75, 3.05) is 10.0 Å². The summed E-state index contributed by atoms with van der Waals surface area (Å²) in [5.74, 6) is -1.23. The molecule has 2 aromatic rings. The van der Waals surface area contributed by atoms with Gasteiger partial charge in [0, 0.05) is 24.2 Å². The number of carbonyl (C=O) groups excluding carboxylic acids is 1. The molecule has 0 spiro atoms. The van der Waals surface area contributed by atoms with Gasteiger partial charge in [0.15, 0.2) is 0 Å². The molecule has 7 nitrogen and oxygen atoms in total. The van der Waals surface area contributed by atoms with Crippen molar-refractivity contribution < 1.29 is 23.1 Å². The van der Waals surface area contributed by atoms with Crippen LogP contribution in [0.15, 0.2) is 53.4 Å². The van der Waals surface area contributed by atoms with E-state index in [0.29, 0.717) is 11.4 Å². The van der Waals surface area contributed by atoms with Crippen LogP contribution in [-0.4, -0.2) is 25.4 Å². The largest absolute Gasteiger partial charge is 0.481 e. The Morgan fingerprint density at radius 1 is 0.923 bits per heavy atom. The third-order valence-electron chi connectivity index (χ3n) is 3.55. The minimum Gasteiger partial charge on any atom is -0.481 e. The zero-order chi connectivity index (χ0) is 19.2. The molecule has 0 aromatic heterocycles. The van der Waals surface area contributed by atoms with Crippen molar-refractivity contribution in [2.45, 2.75) is 31.1 Å². The van der Waals surface area contributed by atoms with E-state index in [1.165, 1.54) is 12.1 Å². The fourth-order valence-corrected chi connectivity index (χ4v) is 3.24. The molecule has 138 valence electrons. The smallest absolute Gasteiger partial charge is 0.303 e. The Morgan fingerprint density at radius 2 is 1.50 bits per heavy atom. The van der Waals surface area contributed by atoms with Crippen molar-refractivity contribution >= 4 is 33.3 Å². The van der Waals surface area contributed by atoms with Crippen LogP contribution in [-0.2, 0) is 19.6 Å². The van der Waals surface area contributed by atoms with Crippen LogP contribution in [0.25, 0.3) is 0 Å². The maximum absolute atomic E-state index is 12.3. The van der Waals surface area contributed by atoms with Gasteiger partial charge in [-0.2, -0.15) is 0 Å². The molecule has 0 saturated heterocycles. The lowest BCUT2D eigenvalue weighted by molar-refractivity contribution is -0.137. The molecule has 0 aliphatic heterocycles. The molecular formula is C18H20N2O5S. The summed E-state index contributed by atoms with van der Waals surface area (Å²) in [5.41, 5.74) is 1.84. The molecule has 0 aliphatic carbocycles. The van der Waals surface area contributed by atoms with Crippen molar-refractivity contribution in [3.05, 3.63) is 54.1 Å². The molecular weight excluding hydrogens is 356 g/mol. The van der Waals surface area contributed by atoms with Crippen LogP contribution < -0.4 is 10.0 Å². The maximum atomic E-state index is 12.3. The standard InChI is InChI=1S/C18H20N2O5S/c1-13-5-11-16(12-6-13)26(24,25)20-15-9-7-14(8-10-15)19-17(21)3-2-4-18(22)23/h5-12,20H,2-4H2,1H3,(H,19,21)(H,22,23). The van der Waals surface area contributed by atoms with Crippen molar-refractivity contribution in [3.8, 4) is 0 Å². The first-order valence-corrected chi connectivity index (χ1v) is 9.46. The van der Waals surface area contributed by atoms with Gasteiger partial charge in [0.2, 0.25) is 5.91 Å². The number of sulfonamides is 1. The van der Waals surface area contributed by atoms with Crippen LogP contribution in [0.3, 0.4) is 0 Å². The monoisotopic (exact) mass is 376 g/mol. The molecule has 0 radical (unpaired) electrons. The number of nitrogens with one attached hydrogen (secondary N) is 2. The van der Waals surface area contributed by atoms with E-state index in [-0.39, 0.29) is 30.1 Å². The second-order valence-electron chi connectivity index (χ2n) is 5.79. The van der Waals surface area contributed by atoms with E-state index >= 15 is 0 Å². The Kier molecular flexibility index (Phi) is 6.35. The van der Waals surface area contributed by atoms with Crippen molar-refractivity contribution in [3.63, 3.8) is 0 Å². The minimum atomic E-state index is -3.68. The van der Waals surface area contributed by atoms with Crippen LogP contribution in [0.4, 0.5) is 11.4 Å². The molecule has 2 rings (SSSR count). The van der Waals surface area contributed by atoms with Gasteiger partial charge in [-0.15, -0.1) is 0 Å². The second kappa shape index (κ2) is 8.48. The number of carboxylic acids is 1. The molecule has 0 fully saturated rings. The number of carbonyl (C=O) groups is 2. The third kappa shape index (κ3) is 5.89. The Balaban J connectivity index is 1.95. The fourth-order valence-electron chi connectivity index (χ4n) is 2.18. The van der Waals surface area contributed by atoms with Gasteiger partial charge >= 0.3 is 5.97 Å². The van der Waals surface area contributed by atoms with E-state index in [0.717, 1.165) is 5.56 Å². The third-order valence-corrected chi connectivity index (χ3v) is 4.94. The lowest BCUT2D eigenvalue weighted by Crippen LogP contribution is -2.14. The van der Waals surface area contributed by atoms with Crippen LogP contribution in [0, 0.1) is 6.92 Å². The average molecular weight is 376 g/mol. The van der Waals surface area contributed by atoms with Crippen LogP contribution >= 0.6 is 0 Å². The van der Waals surface area contributed by atoms with E-state index in [1.807, 2.05) is 6.92 Å². The van der Waals surface area contributed by atoms with Gasteiger partial charge in [0.25, 0.3) is 10.0 Å². The Morgan fingerprint density at radius 3 is 2.08 bits per heavy atom. The molecule has 8 heteroatoms. The topological polar surface area (TPSA) is 113 Å². The maximum Gasteiger partial charge on any atom is 0.303 e. The zero-order valence-electron chi connectivity index (χ0n) is 14.2. The predicted octanol–water partition coefficient (Wildman–Crippen LogP) is 2.99. The van der Waals surface area contributed by atoms with Crippen molar-refractivity contribution in [1.29, 1.82) is 0 Å². The Labute approximate surface area is 152 Å². The molecule has 0 bridgehead atoms. The zero-order valence-corrected chi connectivity index (χ0v) is 15.0. The molecule has 3 N–H and O–H groups in total. The number of anilines is 2. The number of aryl methyl sites for hydroxylation is 1. The van der Waals surface area contributed by atoms with E-state index in [2.05, 4.69) is 10.0 Å². The van der Waals surface area contributed by atoms with E-state index in [1.54, 1.807) is 36.4 Å². The Bertz CT molecular complexity index is 875. The summed E-state index contributed by atoms with van der Waals surface area (Å²) in [7, 11) is -3.68. The Hall–Kier alpha value is -2.87. The number of benzene rings is 2. The number of carboxylic acid groups (broad SMARTS) is 1. The van der Waals surface area contributed by atoms with Crippen LogP contribution in [0.5, 0.6) is 0 Å². The molecule has 26 heavy (non-hydrogen) atoms. The molecule has 0 atom stereocenters. The first-order chi connectivity index (χ1) is 12.3. The van der Waals surface area contributed by atoms with Gasteiger partial charge in [-0.1, -0.05) is 17.7 Å². The first-order valence-electron chi connectivity index (χ1n) is 7.97. The lowest BCUT2D eigenvalue weighted by Gasteiger charge is -2.10. The van der Waals surface area contributed by atoms with E-state index in [4.69, 9.17) is 5.11 Å². The molecule has 2 aromatic carbocycles. The summed E-state index contributed by atoms with van der Waals surface area (Å²) in [6.07, 6.45) is 0.302. The van der Waals surface area contributed by atoms with Gasteiger partial charge in [0.1, 0.15) is 0 Å². The predicted molar refractivity (Wildman–Crippen MR) is 98.5 cm³/mol. The van der Waals surface area contributed by atoms with Crippen molar-refractivity contribution in [2.24, 2.45) is 0 Å². The molecule has 0 saturated carbocycles. The fraction of sp³-hybridized carbons (Fsp3) is 0.222. The summed E-state index contributed by atoms with van der Waals surface area (Å²) in [6.45, 7) is 1.87. The molecule has 1 amide bonds. The number of amides is 1. The normalized spacial score (nSPS) is 11.0. The van der Waals surface area contributed by atoms with Gasteiger partial charge in [-0.25, -0.2) is 8.42 Å². The summed E-state index contributed by atoms with van der Waals surface area (Å²) >= 11 is 0. The van der Waals surface area contributed by atoms with Crippen LogP contribution in [0.2, 0.25) is 0 Å². The number of hydrogen-bond donors (Lipinski definition) is 3. The average Bonchev–Trinajstić information content (AvgIpc) is 2.56.